The maximum atomic E-state index is 13.9. The number of anilines is 1. The number of alkyl halides is 2. The minimum atomic E-state index is -2.78. The molecule has 1 aliphatic rings. The van der Waals surface area contributed by atoms with Crippen molar-refractivity contribution < 1.29 is 18.3 Å². The minimum absolute atomic E-state index is 0.0268. The fourth-order valence-electron chi connectivity index (χ4n) is 2.88. The van der Waals surface area contributed by atoms with Gasteiger partial charge in [0.25, 0.3) is 6.43 Å². The number of pyridine rings is 2. The van der Waals surface area contributed by atoms with Crippen LogP contribution in [0.25, 0.3) is 11.2 Å². The van der Waals surface area contributed by atoms with Crippen LogP contribution in [-0.2, 0) is 11.8 Å². The van der Waals surface area contributed by atoms with E-state index in [1.54, 1.807) is 11.6 Å². The highest BCUT2D eigenvalue weighted by molar-refractivity contribution is 7.98. The molecule has 3 aromatic rings. The number of carbonyl (C=O) groups excluding carboxylic acids is 1. The van der Waals surface area contributed by atoms with E-state index in [0.717, 1.165) is 12.8 Å². The summed E-state index contributed by atoms with van der Waals surface area (Å²) in [5, 5.41) is 3.29. The number of imidazole rings is 1. The Balaban J connectivity index is 1.68. The quantitative estimate of drug-likeness (QED) is 0.620. The van der Waals surface area contributed by atoms with Gasteiger partial charge in [-0.05, 0) is 25.2 Å². The Hall–Kier alpha value is -2.75. The number of aryl methyl sites for hydroxylation is 1. The molecular weight excluding hydrogens is 388 g/mol. The summed E-state index contributed by atoms with van der Waals surface area (Å²) in [6.45, 7) is 0. The number of hydrogen-bond donors (Lipinski definition) is 1. The van der Waals surface area contributed by atoms with Gasteiger partial charge in [-0.2, -0.15) is 0 Å². The van der Waals surface area contributed by atoms with Crippen molar-refractivity contribution in [2.75, 3.05) is 11.6 Å². The summed E-state index contributed by atoms with van der Waals surface area (Å²) in [5.74, 6) is 0.451. The van der Waals surface area contributed by atoms with E-state index in [2.05, 4.69) is 20.3 Å². The molecule has 7 nitrogen and oxygen atoms in total. The fraction of sp³-hybridized carbons (Fsp3) is 0.333. The number of thioether (sulfide) groups is 1. The monoisotopic (exact) mass is 405 g/mol. The molecule has 1 aliphatic carbocycles. The predicted molar refractivity (Wildman–Crippen MR) is 101 cm³/mol. The Labute approximate surface area is 163 Å². The molecule has 0 atom stereocenters. The zero-order valence-corrected chi connectivity index (χ0v) is 16.0. The Kier molecular flexibility index (Phi) is 4.88. The van der Waals surface area contributed by atoms with Gasteiger partial charge in [-0.1, -0.05) is 11.8 Å². The molecule has 1 saturated carbocycles. The lowest BCUT2D eigenvalue weighted by Crippen LogP contribution is -2.14. The van der Waals surface area contributed by atoms with Crippen molar-refractivity contribution >= 4 is 34.7 Å². The fourth-order valence-corrected chi connectivity index (χ4v) is 3.42. The zero-order valence-electron chi connectivity index (χ0n) is 15.1. The summed E-state index contributed by atoms with van der Waals surface area (Å²) in [5.41, 5.74) is 0.190. The smallest absolute Gasteiger partial charge is 0.269 e. The van der Waals surface area contributed by atoms with Crippen molar-refractivity contribution in [1.29, 1.82) is 0 Å². The highest BCUT2D eigenvalue weighted by atomic mass is 32.2. The number of nitrogens with zero attached hydrogens (tertiary/aromatic N) is 4. The third-order valence-electron chi connectivity index (χ3n) is 4.42. The molecule has 0 unspecified atom stereocenters. The molecule has 10 heteroatoms. The first-order chi connectivity index (χ1) is 13.5. The van der Waals surface area contributed by atoms with Crippen molar-refractivity contribution in [3.63, 3.8) is 0 Å². The van der Waals surface area contributed by atoms with Gasteiger partial charge in [0.15, 0.2) is 16.6 Å². The van der Waals surface area contributed by atoms with Crippen LogP contribution in [0.5, 0.6) is 11.5 Å². The van der Waals surface area contributed by atoms with E-state index in [4.69, 9.17) is 4.74 Å². The van der Waals surface area contributed by atoms with Crippen molar-refractivity contribution in [3.05, 3.63) is 30.1 Å². The van der Waals surface area contributed by atoms with E-state index >= 15 is 0 Å². The standard InChI is InChI=1S/C18H17F2N5O2S/c1-25-14-13(15(19)20)11(8-22-16(14)24-18(25)28-2)27-10-5-6-21-12(7-10)23-17(26)9-3-4-9/h5-9,15H,3-4H2,1-2H3,(H,21,23,26). The van der Waals surface area contributed by atoms with Crippen LogP contribution in [0, 0.1) is 5.92 Å². The summed E-state index contributed by atoms with van der Waals surface area (Å²) in [6.07, 6.45) is 3.46. The second-order valence-corrected chi connectivity index (χ2v) is 7.18. The van der Waals surface area contributed by atoms with Crippen molar-refractivity contribution in [2.24, 2.45) is 13.0 Å². The third-order valence-corrected chi connectivity index (χ3v) is 5.15. The normalized spacial score (nSPS) is 13.9. The highest BCUT2D eigenvalue weighted by Crippen LogP contribution is 2.38. The van der Waals surface area contributed by atoms with E-state index in [-0.39, 0.29) is 40.1 Å². The molecule has 1 fully saturated rings. The molecule has 3 aromatic heterocycles. The van der Waals surface area contributed by atoms with Crippen molar-refractivity contribution in [1.82, 2.24) is 19.5 Å². The number of nitrogens with one attached hydrogen (secondary N) is 1. The highest BCUT2D eigenvalue weighted by Gasteiger charge is 2.30. The van der Waals surface area contributed by atoms with Crippen LogP contribution in [0.1, 0.15) is 24.8 Å². The second-order valence-electron chi connectivity index (χ2n) is 6.41. The van der Waals surface area contributed by atoms with Crippen LogP contribution < -0.4 is 10.1 Å². The molecule has 28 heavy (non-hydrogen) atoms. The maximum absolute atomic E-state index is 13.9. The Bertz CT molecular complexity index is 1050. The van der Waals surface area contributed by atoms with Crippen molar-refractivity contribution in [3.8, 4) is 11.5 Å². The number of amides is 1. The number of fused-ring (bicyclic) bond motifs is 1. The number of carbonyl (C=O) groups is 1. The van der Waals surface area contributed by atoms with Crippen molar-refractivity contribution in [2.45, 2.75) is 24.4 Å². The Morgan fingerprint density at radius 1 is 1.39 bits per heavy atom. The summed E-state index contributed by atoms with van der Waals surface area (Å²) >= 11 is 1.34. The van der Waals surface area contributed by atoms with Crippen LogP contribution in [0.2, 0.25) is 0 Å². The van der Waals surface area contributed by atoms with Crippen LogP contribution in [0.15, 0.2) is 29.7 Å². The molecule has 3 heterocycles. The summed E-state index contributed by atoms with van der Waals surface area (Å²) in [6, 6.07) is 3.03. The topological polar surface area (TPSA) is 81.9 Å². The molecule has 0 bridgehead atoms. The molecule has 0 spiro atoms. The predicted octanol–water partition coefficient (Wildman–Crippen LogP) is 4.16. The molecular formula is C18H17F2N5O2S. The maximum Gasteiger partial charge on any atom is 0.269 e. The van der Waals surface area contributed by atoms with Gasteiger partial charge in [0.1, 0.15) is 17.1 Å². The van der Waals surface area contributed by atoms with Crippen LogP contribution in [0.4, 0.5) is 14.6 Å². The number of aromatic nitrogens is 4. The zero-order chi connectivity index (χ0) is 19.8. The number of ether oxygens (including phenoxy) is 1. The lowest BCUT2D eigenvalue weighted by atomic mass is 10.2. The molecule has 1 N–H and O–H groups in total. The van der Waals surface area contributed by atoms with Gasteiger partial charge in [-0.3, -0.25) is 4.79 Å². The first-order valence-electron chi connectivity index (χ1n) is 8.60. The Morgan fingerprint density at radius 3 is 2.86 bits per heavy atom. The molecule has 0 radical (unpaired) electrons. The lowest BCUT2D eigenvalue weighted by Gasteiger charge is -2.13. The van der Waals surface area contributed by atoms with Gasteiger partial charge in [0, 0.05) is 25.2 Å². The lowest BCUT2D eigenvalue weighted by molar-refractivity contribution is -0.117. The van der Waals surface area contributed by atoms with Crippen LogP contribution >= 0.6 is 11.8 Å². The number of halogens is 2. The van der Waals surface area contributed by atoms with E-state index in [1.165, 1.54) is 36.3 Å². The number of hydrogen-bond acceptors (Lipinski definition) is 6. The van der Waals surface area contributed by atoms with E-state index in [0.29, 0.717) is 11.0 Å². The summed E-state index contributed by atoms with van der Waals surface area (Å²) in [4.78, 5) is 24.4. The van der Waals surface area contributed by atoms with E-state index in [1.807, 2.05) is 6.26 Å². The third kappa shape index (κ3) is 3.51. The van der Waals surface area contributed by atoms with Gasteiger partial charge >= 0.3 is 0 Å². The molecule has 0 aromatic carbocycles. The van der Waals surface area contributed by atoms with Gasteiger partial charge < -0.3 is 14.6 Å². The van der Waals surface area contributed by atoms with Gasteiger partial charge in [-0.25, -0.2) is 23.7 Å². The number of rotatable bonds is 6. The minimum Gasteiger partial charge on any atom is -0.455 e. The van der Waals surface area contributed by atoms with Gasteiger partial charge in [0.05, 0.1) is 11.8 Å². The van der Waals surface area contributed by atoms with Gasteiger partial charge in [0.2, 0.25) is 5.91 Å². The second kappa shape index (κ2) is 7.34. The summed E-state index contributed by atoms with van der Waals surface area (Å²) < 4.78 is 35.0. The molecule has 146 valence electrons. The first kappa shape index (κ1) is 18.6. The van der Waals surface area contributed by atoms with Gasteiger partial charge in [-0.15, -0.1) is 0 Å². The van der Waals surface area contributed by atoms with E-state index in [9.17, 15) is 13.6 Å². The Morgan fingerprint density at radius 2 is 2.18 bits per heavy atom. The first-order valence-corrected chi connectivity index (χ1v) is 9.82. The average molecular weight is 405 g/mol. The molecule has 0 saturated heterocycles. The van der Waals surface area contributed by atoms with E-state index < -0.39 is 6.43 Å². The molecule has 1 amide bonds. The molecule has 4 rings (SSSR count). The largest absolute Gasteiger partial charge is 0.455 e. The van der Waals surface area contributed by atoms with Crippen LogP contribution in [-0.4, -0.2) is 31.7 Å². The SMILES string of the molecule is CSc1nc2ncc(Oc3ccnc(NC(=O)C4CC4)c3)c(C(F)F)c2n1C. The average Bonchev–Trinajstić information content (AvgIpc) is 3.47. The summed E-state index contributed by atoms with van der Waals surface area (Å²) in [7, 11) is 1.66. The molecule has 0 aliphatic heterocycles. The van der Waals surface area contributed by atoms with Crippen LogP contribution in [0.3, 0.4) is 0 Å².